The van der Waals surface area contributed by atoms with Gasteiger partial charge in [0.25, 0.3) is 0 Å². The molecule has 0 amide bonds. The van der Waals surface area contributed by atoms with Crippen molar-refractivity contribution in [2.75, 3.05) is 12.0 Å². The van der Waals surface area contributed by atoms with E-state index in [1.807, 2.05) is 22.1 Å². The van der Waals surface area contributed by atoms with Gasteiger partial charge in [0.15, 0.2) is 10.6 Å². The molecule has 5 nitrogen and oxygen atoms in total. The molecule has 2 rings (SSSR count). The first-order valence-electron chi connectivity index (χ1n) is 5.34. The van der Waals surface area contributed by atoms with Crippen molar-refractivity contribution in [3.63, 3.8) is 0 Å². The average molecular weight is 303 g/mol. The molecule has 2 heterocycles. The average Bonchev–Trinajstić information content (AvgIpc) is 2.87. The van der Waals surface area contributed by atoms with Gasteiger partial charge in [0.1, 0.15) is 9.84 Å². The Bertz CT molecular complexity index is 668. The predicted octanol–water partition coefficient (Wildman–Crippen LogP) is 2.10. The summed E-state index contributed by atoms with van der Waals surface area (Å²) in [6.45, 7) is 0.551. The number of hydrogen-bond acceptors (Lipinski definition) is 5. The van der Waals surface area contributed by atoms with Gasteiger partial charge in [-0.15, -0.1) is 11.3 Å². The summed E-state index contributed by atoms with van der Waals surface area (Å²) in [4.78, 5) is 1.02. The molecule has 0 radical (unpaired) electrons. The molecule has 0 fully saturated rings. The molecule has 0 bridgehead atoms. The summed E-state index contributed by atoms with van der Waals surface area (Å²) in [6, 6.07) is 3.90. The van der Waals surface area contributed by atoms with Crippen LogP contribution in [0.3, 0.4) is 0 Å². The van der Waals surface area contributed by atoms with Gasteiger partial charge in [-0.1, -0.05) is 6.07 Å². The monoisotopic (exact) mass is 303 g/mol. The molecule has 0 unspecified atom stereocenters. The van der Waals surface area contributed by atoms with Crippen LogP contribution in [0.25, 0.3) is 10.7 Å². The van der Waals surface area contributed by atoms with Crippen LogP contribution in [0.15, 0.2) is 17.5 Å². The minimum absolute atomic E-state index is 0.157. The fourth-order valence-corrected chi connectivity index (χ4v) is 3.20. The summed E-state index contributed by atoms with van der Waals surface area (Å²) in [5.41, 5.74) is 0. The predicted molar refractivity (Wildman–Crippen MR) is 75.1 cm³/mol. The maximum Gasteiger partial charge on any atom is 0.195 e. The van der Waals surface area contributed by atoms with Crippen LogP contribution >= 0.6 is 23.6 Å². The van der Waals surface area contributed by atoms with Gasteiger partial charge < -0.3 is 0 Å². The van der Waals surface area contributed by atoms with E-state index in [2.05, 4.69) is 10.2 Å². The zero-order valence-electron chi connectivity index (χ0n) is 9.79. The zero-order chi connectivity index (χ0) is 13.2. The quantitative estimate of drug-likeness (QED) is 0.859. The number of aromatic nitrogens is 3. The minimum Gasteiger partial charge on any atom is -0.299 e. The second kappa shape index (κ2) is 5.33. The third-order valence-electron chi connectivity index (χ3n) is 2.40. The number of nitrogens with one attached hydrogen (secondary N) is 1. The first kappa shape index (κ1) is 13.4. The molecule has 0 spiro atoms. The molecule has 0 saturated carbocycles. The highest BCUT2D eigenvalue weighted by Crippen LogP contribution is 2.22. The van der Waals surface area contributed by atoms with Gasteiger partial charge in [0.05, 0.1) is 10.6 Å². The maximum atomic E-state index is 11.1. The molecule has 0 atom stereocenters. The number of nitrogens with zero attached hydrogens (tertiary/aromatic N) is 2. The van der Waals surface area contributed by atoms with Crippen LogP contribution in [-0.2, 0) is 16.4 Å². The van der Waals surface area contributed by atoms with Gasteiger partial charge in [0.2, 0.25) is 0 Å². The number of H-pyrrole nitrogens is 1. The molecule has 2 aromatic heterocycles. The van der Waals surface area contributed by atoms with Crippen molar-refractivity contribution < 1.29 is 8.42 Å². The van der Waals surface area contributed by atoms with Gasteiger partial charge >= 0.3 is 0 Å². The number of rotatable bonds is 5. The lowest BCUT2D eigenvalue weighted by Crippen LogP contribution is -2.08. The maximum absolute atomic E-state index is 11.1. The van der Waals surface area contributed by atoms with Crippen molar-refractivity contribution in [3.8, 4) is 10.7 Å². The Hall–Kier alpha value is -0.990. The number of sulfone groups is 1. The summed E-state index contributed by atoms with van der Waals surface area (Å²) >= 11 is 6.73. The van der Waals surface area contributed by atoms with Crippen molar-refractivity contribution in [2.45, 2.75) is 13.0 Å². The molecule has 0 aliphatic heterocycles. The van der Waals surface area contributed by atoms with E-state index >= 15 is 0 Å². The van der Waals surface area contributed by atoms with Crippen LogP contribution < -0.4 is 0 Å². The van der Waals surface area contributed by atoms with Crippen molar-refractivity contribution in [2.24, 2.45) is 0 Å². The first-order chi connectivity index (χ1) is 8.47. The Kier molecular flexibility index (Phi) is 3.98. The lowest BCUT2D eigenvalue weighted by Gasteiger charge is -2.04. The largest absolute Gasteiger partial charge is 0.299 e. The number of hydrogen-bond donors (Lipinski definition) is 1. The molecule has 98 valence electrons. The van der Waals surface area contributed by atoms with Crippen molar-refractivity contribution in [1.82, 2.24) is 14.8 Å². The van der Waals surface area contributed by atoms with Crippen molar-refractivity contribution >= 4 is 33.4 Å². The standard InChI is InChI=1S/C10H13N3O2S3/c1-18(14,15)7-3-5-13-9(11-12-10(13)16)8-4-2-6-17-8/h2,4,6H,3,5,7H2,1H3,(H,12,16). The molecule has 0 saturated heterocycles. The highest BCUT2D eigenvalue weighted by Gasteiger charge is 2.10. The van der Waals surface area contributed by atoms with E-state index in [1.165, 1.54) is 6.26 Å². The Labute approximate surface area is 114 Å². The molecule has 0 aliphatic carbocycles. The van der Waals surface area contributed by atoms with Crippen LogP contribution in [0.4, 0.5) is 0 Å². The Morgan fingerprint density at radius 2 is 2.33 bits per heavy atom. The van der Waals surface area contributed by atoms with Gasteiger partial charge in [-0.25, -0.2) is 8.42 Å². The number of thiophene rings is 1. The van der Waals surface area contributed by atoms with Gasteiger partial charge in [0, 0.05) is 12.8 Å². The van der Waals surface area contributed by atoms with Crippen LogP contribution in [0.2, 0.25) is 0 Å². The van der Waals surface area contributed by atoms with E-state index in [-0.39, 0.29) is 5.75 Å². The fraction of sp³-hybridized carbons (Fsp3) is 0.400. The first-order valence-corrected chi connectivity index (χ1v) is 8.69. The molecular formula is C10H13N3O2S3. The highest BCUT2D eigenvalue weighted by molar-refractivity contribution is 7.90. The lowest BCUT2D eigenvalue weighted by molar-refractivity contribution is 0.591. The van der Waals surface area contributed by atoms with Gasteiger partial charge in [-0.3, -0.25) is 9.67 Å². The Balaban J connectivity index is 2.18. The SMILES string of the molecule is CS(=O)(=O)CCCn1c(-c2cccs2)n[nH]c1=S. The summed E-state index contributed by atoms with van der Waals surface area (Å²) in [7, 11) is -2.93. The van der Waals surface area contributed by atoms with Gasteiger partial charge in [-0.05, 0) is 30.1 Å². The molecule has 0 aromatic carbocycles. The highest BCUT2D eigenvalue weighted by atomic mass is 32.2. The molecule has 0 aliphatic rings. The Morgan fingerprint density at radius 3 is 2.94 bits per heavy atom. The normalized spacial score (nSPS) is 11.8. The molecule has 1 N–H and O–H groups in total. The van der Waals surface area contributed by atoms with Crippen LogP contribution in [0.1, 0.15) is 6.42 Å². The van der Waals surface area contributed by atoms with E-state index in [9.17, 15) is 8.42 Å². The number of aromatic amines is 1. The smallest absolute Gasteiger partial charge is 0.195 e. The molecule has 2 aromatic rings. The van der Waals surface area contributed by atoms with Gasteiger partial charge in [-0.2, -0.15) is 5.10 Å². The van der Waals surface area contributed by atoms with Crippen molar-refractivity contribution in [1.29, 1.82) is 0 Å². The lowest BCUT2D eigenvalue weighted by atomic mass is 10.4. The van der Waals surface area contributed by atoms with E-state index in [4.69, 9.17) is 12.2 Å². The van der Waals surface area contributed by atoms with E-state index in [0.717, 1.165) is 10.7 Å². The summed E-state index contributed by atoms with van der Waals surface area (Å²) in [5, 5.41) is 8.89. The topological polar surface area (TPSA) is 67.8 Å². The third kappa shape index (κ3) is 3.27. The van der Waals surface area contributed by atoms with Crippen LogP contribution in [-0.4, -0.2) is 35.2 Å². The van der Waals surface area contributed by atoms with Crippen LogP contribution in [0, 0.1) is 4.77 Å². The minimum atomic E-state index is -2.93. The summed E-state index contributed by atoms with van der Waals surface area (Å²) in [5.74, 6) is 0.924. The zero-order valence-corrected chi connectivity index (χ0v) is 12.2. The van der Waals surface area contributed by atoms with E-state index < -0.39 is 9.84 Å². The third-order valence-corrected chi connectivity index (χ3v) is 4.60. The van der Waals surface area contributed by atoms with Crippen LogP contribution in [0.5, 0.6) is 0 Å². The van der Waals surface area contributed by atoms with E-state index in [0.29, 0.717) is 17.7 Å². The van der Waals surface area contributed by atoms with Crippen molar-refractivity contribution in [3.05, 3.63) is 22.3 Å². The second-order valence-corrected chi connectivity index (χ2v) is 7.56. The summed E-state index contributed by atoms with van der Waals surface area (Å²) in [6.07, 6.45) is 1.77. The molecular weight excluding hydrogens is 290 g/mol. The van der Waals surface area contributed by atoms with E-state index in [1.54, 1.807) is 11.3 Å². The Morgan fingerprint density at radius 1 is 1.56 bits per heavy atom. The molecule has 18 heavy (non-hydrogen) atoms. The summed E-state index contributed by atoms with van der Waals surface area (Å²) < 4.78 is 24.6. The molecule has 8 heteroatoms. The second-order valence-electron chi connectivity index (χ2n) is 3.96. The fourth-order valence-electron chi connectivity index (χ4n) is 1.60.